The third-order valence-electron chi connectivity index (χ3n) is 4.80. The number of ether oxygens (including phenoxy) is 2. The molecule has 5 rings (SSSR count). The number of aromatic nitrogens is 2. The highest BCUT2D eigenvalue weighted by Gasteiger charge is 2.35. The molecule has 0 aliphatic carbocycles. The van der Waals surface area contributed by atoms with E-state index in [1.54, 1.807) is 12.4 Å². The molecule has 0 saturated heterocycles. The van der Waals surface area contributed by atoms with Crippen LogP contribution >= 0.6 is 0 Å². The smallest absolute Gasteiger partial charge is 0.247 e. The van der Waals surface area contributed by atoms with Crippen molar-refractivity contribution in [3.63, 3.8) is 0 Å². The molecule has 8 nitrogen and oxygen atoms in total. The van der Waals surface area contributed by atoms with Crippen LogP contribution in [0.25, 0.3) is 11.0 Å². The monoisotopic (exact) mass is 396 g/mol. The fraction of sp³-hybridized carbons (Fsp3) is 0.211. The molecule has 9 heteroatoms. The number of benzene rings is 2. The van der Waals surface area contributed by atoms with Crippen molar-refractivity contribution in [2.45, 2.75) is 12.5 Å². The third-order valence-corrected chi connectivity index (χ3v) is 5.81. The van der Waals surface area contributed by atoms with Crippen LogP contribution in [0.2, 0.25) is 0 Å². The molecule has 0 bridgehead atoms. The number of hydrogen-bond donors (Lipinski definition) is 0. The minimum atomic E-state index is -3.55. The summed E-state index contributed by atoms with van der Waals surface area (Å²) in [6.07, 6.45) is 4.84. The van der Waals surface area contributed by atoms with E-state index in [0.29, 0.717) is 29.1 Å². The topological polar surface area (TPSA) is 94.0 Å². The van der Waals surface area contributed by atoms with Crippen LogP contribution in [-0.4, -0.2) is 41.6 Å². The van der Waals surface area contributed by atoms with E-state index < -0.39 is 16.1 Å². The maximum absolute atomic E-state index is 12.4. The molecule has 28 heavy (non-hydrogen) atoms. The van der Waals surface area contributed by atoms with E-state index in [9.17, 15) is 8.42 Å². The number of sulfonamides is 1. The van der Waals surface area contributed by atoms with Gasteiger partial charge in [0.05, 0.1) is 29.0 Å². The highest BCUT2D eigenvalue weighted by atomic mass is 32.2. The van der Waals surface area contributed by atoms with Gasteiger partial charge in [0, 0.05) is 24.4 Å². The van der Waals surface area contributed by atoms with Crippen molar-refractivity contribution < 1.29 is 17.9 Å². The number of hydrazone groups is 1. The van der Waals surface area contributed by atoms with Crippen LogP contribution < -0.4 is 9.47 Å². The summed E-state index contributed by atoms with van der Waals surface area (Å²) >= 11 is 0. The minimum absolute atomic E-state index is 0.182. The highest BCUT2D eigenvalue weighted by molar-refractivity contribution is 7.88. The van der Waals surface area contributed by atoms with Gasteiger partial charge in [-0.15, -0.1) is 0 Å². The Bertz CT molecular complexity index is 1230. The molecular formula is C19H16N4O4S. The lowest BCUT2D eigenvalue weighted by Crippen LogP contribution is -2.25. The van der Waals surface area contributed by atoms with Gasteiger partial charge in [-0.2, -0.15) is 9.52 Å². The van der Waals surface area contributed by atoms with E-state index in [1.165, 1.54) is 4.41 Å². The first-order valence-electron chi connectivity index (χ1n) is 8.67. The van der Waals surface area contributed by atoms with Crippen molar-refractivity contribution >= 4 is 26.8 Å². The Balaban J connectivity index is 1.55. The molecule has 0 radical (unpaired) electrons. The predicted octanol–water partition coefficient (Wildman–Crippen LogP) is 2.47. The molecule has 0 fully saturated rings. The van der Waals surface area contributed by atoms with Crippen LogP contribution in [0.3, 0.4) is 0 Å². The van der Waals surface area contributed by atoms with Crippen LogP contribution in [0, 0.1) is 0 Å². The van der Waals surface area contributed by atoms with E-state index in [-0.39, 0.29) is 6.79 Å². The minimum Gasteiger partial charge on any atom is -0.454 e. The molecule has 1 atom stereocenters. The Morgan fingerprint density at radius 1 is 1.00 bits per heavy atom. The van der Waals surface area contributed by atoms with Gasteiger partial charge in [-0.05, 0) is 35.9 Å². The highest BCUT2D eigenvalue weighted by Crippen LogP contribution is 2.38. The molecule has 0 amide bonds. The third kappa shape index (κ3) is 2.84. The van der Waals surface area contributed by atoms with Gasteiger partial charge < -0.3 is 9.47 Å². The van der Waals surface area contributed by atoms with E-state index in [2.05, 4.69) is 15.1 Å². The lowest BCUT2D eigenvalue weighted by atomic mass is 9.98. The van der Waals surface area contributed by atoms with Gasteiger partial charge in [0.25, 0.3) is 0 Å². The van der Waals surface area contributed by atoms with Crippen molar-refractivity contribution in [3.05, 3.63) is 59.9 Å². The Kier molecular flexibility index (Phi) is 3.73. The first-order chi connectivity index (χ1) is 13.5. The average Bonchev–Trinajstić information content (AvgIpc) is 3.34. The van der Waals surface area contributed by atoms with Crippen molar-refractivity contribution in [1.29, 1.82) is 0 Å². The number of hydrogen-bond acceptors (Lipinski definition) is 7. The molecule has 1 aromatic heterocycles. The molecule has 2 aliphatic rings. The number of rotatable bonds is 3. The van der Waals surface area contributed by atoms with Crippen LogP contribution in [-0.2, 0) is 10.0 Å². The van der Waals surface area contributed by atoms with Crippen LogP contribution in [0.15, 0.2) is 53.9 Å². The summed E-state index contributed by atoms with van der Waals surface area (Å²) in [5.74, 6) is 1.31. The number of nitrogens with zero attached hydrogens (tertiary/aromatic N) is 4. The van der Waals surface area contributed by atoms with Crippen LogP contribution in [0.4, 0.5) is 0 Å². The number of fused-ring (bicyclic) bond motifs is 2. The van der Waals surface area contributed by atoms with Crippen LogP contribution in [0.5, 0.6) is 11.5 Å². The summed E-state index contributed by atoms with van der Waals surface area (Å²) in [6.45, 7) is 0.182. The Labute approximate surface area is 161 Å². The molecular weight excluding hydrogens is 380 g/mol. The largest absolute Gasteiger partial charge is 0.454 e. The summed E-state index contributed by atoms with van der Waals surface area (Å²) in [5.41, 5.74) is 3.77. The average molecular weight is 396 g/mol. The Morgan fingerprint density at radius 3 is 2.61 bits per heavy atom. The fourth-order valence-corrected chi connectivity index (χ4v) is 4.39. The van der Waals surface area contributed by atoms with Gasteiger partial charge in [0.15, 0.2) is 11.5 Å². The second-order valence-electron chi connectivity index (χ2n) is 6.67. The molecule has 2 aliphatic heterocycles. The normalized spacial score (nSPS) is 18.5. The van der Waals surface area contributed by atoms with Crippen molar-refractivity contribution in [1.82, 2.24) is 14.4 Å². The van der Waals surface area contributed by atoms with E-state index in [4.69, 9.17) is 9.47 Å². The van der Waals surface area contributed by atoms with Crippen molar-refractivity contribution in [2.75, 3.05) is 13.0 Å². The van der Waals surface area contributed by atoms with Gasteiger partial charge >= 0.3 is 0 Å². The molecule has 1 unspecified atom stereocenters. The lowest BCUT2D eigenvalue weighted by Gasteiger charge is -2.21. The van der Waals surface area contributed by atoms with Gasteiger partial charge in [-0.3, -0.25) is 9.97 Å². The van der Waals surface area contributed by atoms with E-state index in [0.717, 1.165) is 22.9 Å². The molecule has 3 aromatic rings. The predicted molar refractivity (Wildman–Crippen MR) is 103 cm³/mol. The maximum Gasteiger partial charge on any atom is 0.247 e. The quantitative estimate of drug-likeness (QED) is 0.675. The van der Waals surface area contributed by atoms with Crippen LogP contribution in [0.1, 0.15) is 23.6 Å². The van der Waals surface area contributed by atoms with Gasteiger partial charge in [-0.25, -0.2) is 8.42 Å². The maximum atomic E-state index is 12.4. The zero-order valence-corrected chi connectivity index (χ0v) is 15.8. The summed E-state index contributed by atoms with van der Waals surface area (Å²) in [4.78, 5) is 8.58. The zero-order chi connectivity index (χ0) is 19.3. The van der Waals surface area contributed by atoms with E-state index in [1.807, 2.05) is 36.4 Å². The second kappa shape index (κ2) is 6.16. The van der Waals surface area contributed by atoms with Gasteiger partial charge in [0.2, 0.25) is 16.8 Å². The standard InChI is InChI=1S/C19H16N4O4S/c1-28(24,25)23-17(13-2-4-14-16(8-13)21-7-6-20-14)10-15(22-23)12-3-5-18-19(9-12)27-11-26-18/h2-9,17H,10-11H2,1H3. The fourth-order valence-electron chi connectivity index (χ4n) is 3.48. The summed E-state index contributed by atoms with van der Waals surface area (Å²) in [7, 11) is -3.55. The van der Waals surface area contributed by atoms with E-state index >= 15 is 0 Å². The Hall–Kier alpha value is -3.20. The SMILES string of the molecule is CS(=O)(=O)N1N=C(c2ccc3c(c2)OCO3)CC1c1ccc2nccnc2c1. The van der Waals surface area contributed by atoms with Gasteiger partial charge in [0.1, 0.15) is 0 Å². The summed E-state index contributed by atoms with van der Waals surface area (Å²) in [6, 6.07) is 10.6. The molecule has 0 N–H and O–H groups in total. The van der Waals surface area contributed by atoms with Gasteiger partial charge in [-0.1, -0.05) is 6.07 Å². The van der Waals surface area contributed by atoms with Crippen molar-refractivity contribution in [2.24, 2.45) is 5.10 Å². The molecule has 0 spiro atoms. The second-order valence-corrected chi connectivity index (χ2v) is 8.51. The molecule has 3 heterocycles. The lowest BCUT2D eigenvalue weighted by molar-refractivity contribution is 0.174. The summed E-state index contributed by atoms with van der Waals surface area (Å²) < 4.78 is 36.7. The molecule has 2 aromatic carbocycles. The Morgan fingerprint density at radius 2 is 1.79 bits per heavy atom. The van der Waals surface area contributed by atoms with Crippen molar-refractivity contribution in [3.8, 4) is 11.5 Å². The summed E-state index contributed by atoms with van der Waals surface area (Å²) in [5, 5.41) is 4.42. The first kappa shape index (κ1) is 16.9. The zero-order valence-electron chi connectivity index (χ0n) is 14.9. The first-order valence-corrected chi connectivity index (χ1v) is 10.5. The molecule has 142 valence electrons. The molecule has 0 saturated carbocycles.